The molecule has 0 spiro atoms. The minimum Gasteiger partial charge on any atom is -0.322 e. The smallest absolute Gasteiger partial charge is 0.322 e. The molecule has 4 nitrogen and oxygen atoms in total. The number of carbonyl (C=O) groups is 1. The molecule has 0 fully saturated rings. The number of hydrogen-bond acceptors (Lipinski definition) is 2. The average molecular weight is 449 g/mol. The van der Waals surface area contributed by atoms with E-state index < -0.39 is 29.2 Å². The molecule has 0 bridgehead atoms. The van der Waals surface area contributed by atoms with Crippen LogP contribution in [0.3, 0.4) is 0 Å². The van der Waals surface area contributed by atoms with Crippen LogP contribution in [0.25, 0.3) is 5.69 Å². The van der Waals surface area contributed by atoms with Crippen molar-refractivity contribution in [3.63, 3.8) is 0 Å². The third-order valence-electron chi connectivity index (χ3n) is 4.60. The SMILES string of the molecule is O=C(Nc1cccc(C#Cc2ccccc2)c1)c1cnn(-c2ccc(F)cc2)c1C(F)(F)F. The molecule has 1 aromatic heterocycles. The standard InChI is InChI=1S/C25H15F4N3O/c26-19-11-13-21(14-12-19)32-23(25(27,28)29)22(16-30-32)24(33)31-20-8-4-7-18(15-20)10-9-17-5-2-1-3-6-17/h1-8,11-16H,(H,31,33). The molecule has 1 amide bonds. The van der Waals surface area contributed by atoms with Crippen LogP contribution in [0.5, 0.6) is 0 Å². The number of carbonyl (C=O) groups excluding carboxylic acids is 1. The zero-order valence-electron chi connectivity index (χ0n) is 16.9. The number of benzene rings is 3. The number of halogens is 4. The Morgan fingerprint density at radius 3 is 2.24 bits per heavy atom. The largest absolute Gasteiger partial charge is 0.434 e. The van der Waals surface area contributed by atoms with Gasteiger partial charge in [-0.3, -0.25) is 4.79 Å². The summed E-state index contributed by atoms with van der Waals surface area (Å²) in [4.78, 5) is 12.7. The lowest BCUT2D eigenvalue weighted by Gasteiger charge is -2.13. The van der Waals surface area contributed by atoms with Gasteiger partial charge in [-0.1, -0.05) is 36.1 Å². The van der Waals surface area contributed by atoms with Gasteiger partial charge in [0.1, 0.15) is 5.82 Å². The van der Waals surface area contributed by atoms with Crippen LogP contribution in [-0.4, -0.2) is 15.7 Å². The number of nitrogens with zero attached hydrogens (tertiary/aromatic N) is 2. The Kier molecular flexibility index (Phi) is 5.96. The van der Waals surface area contributed by atoms with E-state index in [0.29, 0.717) is 10.2 Å². The van der Waals surface area contributed by atoms with Crippen molar-refractivity contribution >= 4 is 11.6 Å². The summed E-state index contributed by atoms with van der Waals surface area (Å²) < 4.78 is 55.1. The van der Waals surface area contributed by atoms with E-state index in [1.165, 1.54) is 0 Å². The van der Waals surface area contributed by atoms with Gasteiger partial charge in [0.15, 0.2) is 5.69 Å². The Labute approximate surface area is 186 Å². The van der Waals surface area contributed by atoms with Gasteiger partial charge in [-0.25, -0.2) is 9.07 Å². The van der Waals surface area contributed by atoms with E-state index in [2.05, 4.69) is 22.3 Å². The lowest BCUT2D eigenvalue weighted by Crippen LogP contribution is -2.20. The van der Waals surface area contributed by atoms with Crippen LogP contribution in [0.2, 0.25) is 0 Å². The average Bonchev–Trinajstić information content (AvgIpc) is 3.25. The number of anilines is 1. The zero-order valence-corrected chi connectivity index (χ0v) is 16.9. The summed E-state index contributed by atoms with van der Waals surface area (Å²) in [6, 6.07) is 20.0. The molecule has 164 valence electrons. The molecular weight excluding hydrogens is 434 g/mol. The van der Waals surface area contributed by atoms with Crippen molar-refractivity contribution in [2.45, 2.75) is 6.18 Å². The number of aromatic nitrogens is 2. The van der Waals surface area contributed by atoms with Gasteiger partial charge in [0.25, 0.3) is 5.91 Å². The number of hydrogen-bond donors (Lipinski definition) is 1. The lowest BCUT2D eigenvalue weighted by atomic mass is 10.1. The first-order valence-electron chi connectivity index (χ1n) is 9.71. The molecule has 8 heteroatoms. The maximum atomic E-state index is 13.8. The van der Waals surface area contributed by atoms with E-state index in [1.807, 2.05) is 30.3 Å². The fourth-order valence-corrected chi connectivity index (χ4v) is 3.10. The monoisotopic (exact) mass is 449 g/mol. The molecule has 4 rings (SSSR count). The van der Waals surface area contributed by atoms with Gasteiger partial charge >= 0.3 is 6.18 Å². The molecular formula is C25H15F4N3O. The van der Waals surface area contributed by atoms with E-state index in [0.717, 1.165) is 36.0 Å². The van der Waals surface area contributed by atoms with Crippen molar-refractivity contribution < 1.29 is 22.4 Å². The van der Waals surface area contributed by atoms with Crippen LogP contribution in [0.15, 0.2) is 85.1 Å². The van der Waals surface area contributed by atoms with E-state index in [-0.39, 0.29) is 11.4 Å². The first kappa shape index (κ1) is 21.8. The molecule has 1 N–H and O–H groups in total. The third-order valence-corrected chi connectivity index (χ3v) is 4.60. The van der Waals surface area contributed by atoms with Crippen LogP contribution in [-0.2, 0) is 6.18 Å². The van der Waals surface area contributed by atoms with Gasteiger partial charge in [0.2, 0.25) is 0 Å². The summed E-state index contributed by atoms with van der Waals surface area (Å²) in [6.45, 7) is 0. The molecule has 0 aliphatic heterocycles. The van der Waals surface area contributed by atoms with Crippen molar-refractivity contribution in [1.29, 1.82) is 0 Å². The Morgan fingerprint density at radius 1 is 0.879 bits per heavy atom. The maximum absolute atomic E-state index is 13.8. The van der Waals surface area contributed by atoms with Crippen LogP contribution in [0.4, 0.5) is 23.2 Å². The van der Waals surface area contributed by atoms with Crippen LogP contribution in [0.1, 0.15) is 27.2 Å². The molecule has 3 aromatic carbocycles. The number of rotatable bonds is 3. The highest BCUT2D eigenvalue weighted by Gasteiger charge is 2.40. The molecule has 0 saturated heterocycles. The van der Waals surface area contributed by atoms with Gasteiger partial charge < -0.3 is 5.32 Å². The minimum atomic E-state index is -4.87. The maximum Gasteiger partial charge on any atom is 0.434 e. The number of nitrogens with one attached hydrogen (secondary N) is 1. The van der Waals surface area contributed by atoms with E-state index in [1.54, 1.807) is 24.3 Å². The van der Waals surface area contributed by atoms with E-state index in [4.69, 9.17) is 0 Å². The number of amides is 1. The highest BCUT2D eigenvalue weighted by molar-refractivity contribution is 6.05. The molecule has 0 aliphatic rings. The second kappa shape index (κ2) is 9.01. The summed E-state index contributed by atoms with van der Waals surface area (Å²) in [5.41, 5.74) is -0.285. The molecule has 33 heavy (non-hydrogen) atoms. The van der Waals surface area contributed by atoms with Gasteiger partial charge in [-0.05, 0) is 54.6 Å². The van der Waals surface area contributed by atoms with Gasteiger partial charge in [-0.15, -0.1) is 0 Å². The van der Waals surface area contributed by atoms with Crippen LogP contribution in [0, 0.1) is 17.7 Å². The first-order chi connectivity index (χ1) is 15.8. The van der Waals surface area contributed by atoms with E-state index in [9.17, 15) is 22.4 Å². The predicted molar refractivity (Wildman–Crippen MR) is 115 cm³/mol. The van der Waals surface area contributed by atoms with Crippen molar-refractivity contribution in [2.75, 3.05) is 5.32 Å². The molecule has 0 unspecified atom stereocenters. The normalized spacial score (nSPS) is 10.9. The fraction of sp³-hybridized carbons (Fsp3) is 0.0400. The Hall–Kier alpha value is -4.38. The Morgan fingerprint density at radius 2 is 1.55 bits per heavy atom. The molecule has 0 aliphatic carbocycles. The Balaban J connectivity index is 1.62. The topological polar surface area (TPSA) is 46.9 Å². The summed E-state index contributed by atoms with van der Waals surface area (Å²) >= 11 is 0. The quantitative estimate of drug-likeness (QED) is 0.323. The van der Waals surface area contributed by atoms with Crippen LogP contribution < -0.4 is 5.32 Å². The summed E-state index contributed by atoms with van der Waals surface area (Å²) in [5, 5.41) is 6.18. The number of alkyl halides is 3. The van der Waals surface area contributed by atoms with Crippen molar-refractivity contribution in [3.05, 3.63) is 113 Å². The third kappa shape index (κ3) is 5.10. The summed E-state index contributed by atoms with van der Waals surface area (Å²) in [7, 11) is 0. The second-order valence-corrected chi connectivity index (χ2v) is 6.94. The van der Waals surface area contributed by atoms with Crippen molar-refractivity contribution in [2.24, 2.45) is 0 Å². The summed E-state index contributed by atoms with van der Waals surface area (Å²) in [5.74, 6) is 4.34. The summed E-state index contributed by atoms with van der Waals surface area (Å²) in [6.07, 6.45) is -4.04. The van der Waals surface area contributed by atoms with Crippen molar-refractivity contribution in [1.82, 2.24) is 9.78 Å². The fourth-order valence-electron chi connectivity index (χ4n) is 3.10. The van der Waals surface area contributed by atoms with Gasteiger partial charge in [-0.2, -0.15) is 18.3 Å². The predicted octanol–water partition coefficient (Wildman–Crippen LogP) is 5.68. The zero-order chi connectivity index (χ0) is 23.4. The minimum absolute atomic E-state index is 0.0269. The van der Waals surface area contributed by atoms with Crippen molar-refractivity contribution in [3.8, 4) is 17.5 Å². The molecule has 0 saturated carbocycles. The molecule has 0 radical (unpaired) electrons. The van der Waals surface area contributed by atoms with Gasteiger partial charge in [0.05, 0.1) is 17.4 Å². The second-order valence-electron chi connectivity index (χ2n) is 6.94. The highest BCUT2D eigenvalue weighted by atomic mass is 19.4. The lowest BCUT2D eigenvalue weighted by molar-refractivity contribution is -0.143. The molecule has 4 aromatic rings. The van der Waals surface area contributed by atoms with Crippen LogP contribution >= 0.6 is 0 Å². The molecule has 0 atom stereocenters. The Bertz CT molecular complexity index is 1350. The first-order valence-corrected chi connectivity index (χ1v) is 9.71. The van der Waals surface area contributed by atoms with Gasteiger partial charge in [0, 0.05) is 16.8 Å². The van der Waals surface area contributed by atoms with E-state index >= 15 is 0 Å². The highest BCUT2D eigenvalue weighted by Crippen LogP contribution is 2.34. The molecule has 1 heterocycles.